The number of nitrogens with one attached hydrogen (secondary N) is 3. The van der Waals surface area contributed by atoms with Crippen molar-refractivity contribution in [3.63, 3.8) is 0 Å². The number of hydrogen-bond donors (Lipinski definition) is 3. The molecule has 0 aliphatic rings. The second-order valence-corrected chi connectivity index (χ2v) is 8.12. The molecule has 9 nitrogen and oxygen atoms in total. The molecule has 0 saturated heterocycles. The molecule has 1 aromatic carbocycles. The van der Waals surface area contributed by atoms with Crippen molar-refractivity contribution in [2.24, 2.45) is 5.92 Å². The summed E-state index contributed by atoms with van der Waals surface area (Å²) in [5.74, 6) is 0.487. The van der Waals surface area contributed by atoms with Crippen LogP contribution < -0.4 is 15.6 Å². The van der Waals surface area contributed by atoms with Gasteiger partial charge in [0.15, 0.2) is 0 Å². The van der Waals surface area contributed by atoms with Crippen LogP contribution in [0.4, 0.5) is 0 Å². The van der Waals surface area contributed by atoms with Crippen LogP contribution in [-0.4, -0.2) is 38.9 Å². The van der Waals surface area contributed by atoms with E-state index in [9.17, 15) is 9.59 Å². The number of aromatic nitrogens is 4. The summed E-state index contributed by atoms with van der Waals surface area (Å²) in [6.45, 7) is 9.11. The first-order chi connectivity index (χ1) is 15.3. The molecule has 2 amide bonds. The van der Waals surface area contributed by atoms with Crippen LogP contribution in [0.2, 0.25) is 0 Å². The number of hydrazine groups is 1. The van der Waals surface area contributed by atoms with E-state index in [-0.39, 0.29) is 18.0 Å². The minimum Gasteiger partial charge on any atom is -0.497 e. The van der Waals surface area contributed by atoms with Crippen LogP contribution in [0.15, 0.2) is 30.3 Å². The maximum Gasteiger partial charge on any atom is 0.287 e. The van der Waals surface area contributed by atoms with Gasteiger partial charge in [-0.25, -0.2) is 0 Å². The van der Waals surface area contributed by atoms with Crippen molar-refractivity contribution in [3.05, 3.63) is 53.0 Å². The Kier molecular flexibility index (Phi) is 7.29. The van der Waals surface area contributed by atoms with Gasteiger partial charge in [0, 0.05) is 24.2 Å². The second-order valence-electron chi connectivity index (χ2n) is 8.12. The fourth-order valence-corrected chi connectivity index (χ4v) is 3.46. The van der Waals surface area contributed by atoms with Gasteiger partial charge in [0.05, 0.1) is 18.5 Å². The Morgan fingerprint density at radius 2 is 1.88 bits per heavy atom. The lowest BCUT2D eigenvalue weighted by atomic mass is 10.1. The number of benzene rings is 1. The lowest BCUT2D eigenvalue weighted by Crippen LogP contribution is -2.41. The van der Waals surface area contributed by atoms with Gasteiger partial charge in [0.1, 0.15) is 11.4 Å². The summed E-state index contributed by atoms with van der Waals surface area (Å²) in [4.78, 5) is 24.6. The molecule has 0 aliphatic carbocycles. The first kappa shape index (κ1) is 23.1. The number of H-pyrrole nitrogens is 1. The smallest absolute Gasteiger partial charge is 0.287 e. The lowest BCUT2D eigenvalue weighted by molar-refractivity contribution is -0.121. The Balaban J connectivity index is 1.52. The van der Waals surface area contributed by atoms with Crippen LogP contribution in [0, 0.1) is 19.8 Å². The summed E-state index contributed by atoms with van der Waals surface area (Å²) in [5.41, 5.74) is 9.69. The summed E-state index contributed by atoms with van der Waals surface area (Å²) in [6.07, 6.45) is 0.804. The quantitative estimate of drug-likeness (QED) is 0.468. The van der Waals surface area contributed by atoms with Gasteiger partial charge in [-0.3, -0.25) is 30.2 Å². The maximum atomic E-state index is 12.4. The number of aryl methyl sites for hydroxylation is 1. The molecule has 170 valence electrons. The third-order valence-corrected chi connectivity index (χ3v) is 5.20. The highest BCUT2D eigenvalue weighted by atomic mass is 16.5. The summed E-state index contributed by atoms with van der Waals surface area (Å²) in [6, 6.07) is 8.97. The van der Waals surface area contributed by atoms with E-state index in [0.717, 1.165) is 34.8 Å². The fraction of sp³-hybridized carbons (Fsp3) is 0.391. The molecule has 3 N–H and O–H groups in total. The summed E-state index contributed by atoms with van der Waals surface area (Å²) < 4.78 is 7.14. The number of rotatable bonds is 8. The monoisotopic (exact) mass is 438 g/mol. The molecule has 0 aliphatic heterocycles. The highest BCUT2D eigenvalue weighted by Gasteiger charge is 2.15. The van der Waals surface area contributed by atoms with Crippen LogP contribution in [0.3, 0.4) is 0 Å². The zero-order valence-corrected chi connectivity index (χ0v) is 19.2. The van der Waals surface area contributed by atoms with Gasteiger partial charge in [-0.15, -0.1) is 0 Å². The van der Waals surface area contributed by atoms with Gasteiger partial charge in [-0.2, -0.15) is 10.2 Å². The van der Waals surface area contributed by atoms with Crippen LogP contribution >= 0.6 is 0 Å². The molecule has 0 bridgehead atoms. The molecule has 2 heterocycles. The molecule has 3 aromatic rings. The van der Waals surface area contributed by atoms with E-state index in [4.69, 9.17) is 4.74 Å². The summed E-state index contributed by atoms with van der Waals surface area (Å²) in [5, 5.41) is 11.4. The minimum absolute atomic E-state index is 0.245. The zero-order valence-electron chi connectivity index (χ0n) is 19.2. The average Bonchev–Trinajstić information content (AvgIpc) is 3.36. The van der Waals surface area contributed by atoms with Gasteiger partial charge in [0.2, 0.25) is 5.91 Å². The molecular formula is C23H30N6O3. The number of carbonyl (C=O) groups excluding carboxylic acids is 2. The van der Waals surface area contributed by atoms with E-state index in [2.05, 4.69) is 40.0 Å². The van der Waals surface area contributed by atoms with Crippen LogP contribution in [0.1, 0.15) is 47.7 Å². The number of methoxy groups -OCH3 is 1. The van der Waals surface area contributed by atoms with Crippen LogP contribution in [0.25, 0.3) is 11.3 Å². The van der Waals surface area contributed by atoms with Crippen LogP contribution in [0.5, 0.6) is 5.75 Å². The highest BCUT2D eigenvalue weighted by molar-refractivity contribution is 5.94. The summed E-state index contributed by atoms with van der Waals surface area (Å²) in [7, 11) is 1.60. The molecule has 9 heteroatoms. The number of aromatic amines is 1. The first-order valence-electron chi connectivity index (χ1n) is 10.6. The topological polar surface area (TPSA) is 114 Å². The van der Waals surface area contributed by atoms with Gasteiger partial charge in [0.25, 0.3) is 5.91 Å². The Morgan fingerprint density at radius 1 is 1.16 bits per heavy atom. The van der Waals surface area contributed by atoms with Crippen molar-refractivity contribution in [3.8, 4) is 17.0 Å². The molecule has 2 aromatic heterocycles. The van der Waals surface area contributed by atoms with E-state index in [1.54, 1.807) is 13.2 Å². The molecule has 0 radical (unpaired) electrons. The Labute approximate surface area is 187 Å². The van der Waals surface area contributed by atoms with Crippen molar-refractivity contribution in [2.45, 2.75) is 47.1 Å². The van der Waals surface area contributed by atoms with Crippen molar-refractivity contribution in [2.75, 3.05) is 7.11 Å². The normalized spacial score (nSPS) is 10.9. The summed E-state index contributed by atoms with van der Waals surface area (Å²) >= 11 is 0. The number of carbonyl (C=O) groups is 2. The lowest BCUT2D eigenvalue weighted by Gasteiger charge is -2.08. The van der Waals surface area contributed by atoms with Crippen LogP contribution in [-0.2, 0) is 17.8 Å². The van der Waals surface area contributed by atoms with E-state index in [1.165, 1.54) is 0 Å². The third kappa shape index (κ3) is 5.54. The SMILES string of the molecule is COc1ccc(-c2cc(C(=O)NNC(=O)CCc3c(C)nn(CC(C)C)c3C)[nH]n2)cc1. The predicted octanol–water partition coefficient (Wildman–Crippen LogP) is 2.95. The van der Waals surface area contributed by atoms with E-state index < -0.39 is 5.91 Å². The number of nitrogens with zero attached hydrogens (tertiary/aromatic N) is 3. The molecule has 0 saturated carbocycles. The molecule has 0 atom stereocenters. The second kappa shape index (κ2) is 10.1. The van der Waals surface area contributed by atoms with Gasteiger partial charge in [-0.05, 0) is 62.1 Å². The van der Waals surface area contributed by atoms with Crippen molar-refractivity contribution < 1.29 is 14.3 Å². The van der Waals surface area contributed by atoms with Gasteiger partial charge < -0.3 is 4.74 Å². The molecular weight excluding hydrogens is 408 g/mol. The number of amides is 2. The van der Waals surface area contributed by atoms with E-state index in [1.807, 2.05) is 42.8 Å². The molecule has 0 unspecified atom stereocenters. The molecule has 32 heavy (non-hydrogen) atoms. The Bertz CT molecular complexity index is 1080. The van der Waals surface area contributed by atoms with E-state index in [0.29, 0.717) is 18.0 Å². The zero-order chi connectivity index (χ0) is 23.3. The molecule has 3 rings (SSSR count). The standard InChI is InChI=1S/C23H30N6O3/c1-14(2)13-29-16(4)19(15(3)28-29)10-11-22(30)26-27-23(31)21-12-20(24-25-21)17-6-8-18(32-5)9-7-17/h6-9,12,14H,10-11,13H2,1-5H3,(H,24,25)(H,26,30)(H,27,31). The average molecular weight is 439 g/mol. The largest absolute Gasteiger partial charge is 0.497 e. The number of ether oxygens (including phenoxy) is 1. The predicted molar refractivity (Wildman–Crippen MR) is 121 cm³/mol. The van der Waals surface area contributed by atoms with Crippen molar-refractivity contribution in [1.82, 2.24) is 30.8 Å². The van der Waals surface area contributed by atoms with Gasteiger partial charge >= 0.3 is 0 Å². The van der Waals surface area contributed by atoms with Crippen molar-refractivity contribution in [1.29, 1.82) is 0 Å². The van der Waals surface area contributed by atoms with Crippen molar-refractivity contribution >= 4 is 11.8 Å². The first-order valence-corrected chi connectivity index (χ1v) is 10.6. The van der Waals surface area contributed by atoms with Gasteiger partial charge in [-0.1, -0.05) is 13.8 Å². The molecule has 0 spiro atoms. The Morgan fingerprint density at radius 3 is 2.53 bits per heavy atom. The maximum absolute atomic E-state index is 12.4. The number of hydrogen-bond acceptors (Lipinski definition) is 5. The molecule has 0 fully saturated rings. The van der Waals surface area contributed by atoms with E-state index >= 15 is 0 Å². The minimum atomic E-state index is -0.470. The third-order valence-electron chi connectivity index (χ3n) is 5.20. The Hall–Kier alpha value is -3.62. The fourth-order valence-electron chi connectivity index (χ4n) is 3.46. The highest BCUT2D eigenvalue weighted by Crippen LogP contribution is 2.21.